The van der Waals surface area contributed by atoms with Gasteiger partial charge in [-0.2, -0.15) is 0 Å². The van der Waals surface area contributed by atoms with Crippen LogP contribution in [-0.2, 0) is 11.2 Å². The molecule has 0 fully saturated rings. The maximum absolute atomic E-state index is 11.2. The molecular formula is C11H15NO. The van der Waals surface area contributed by atoms with Crippen LogP contribution >= 0.6 is 0 Å². The lowest BCUT2D eigenvalue weighted by molar-refractivity contribution is -0.124. The van der Waals surface area contributed by atoms with E-state index in [4.69, 9.17) is 0 Å². The van der Waals surface area contributed by atoms with Crippen molar-refractivity contribution in [2.75, 3.05) is 0 Å². The summed E-state index contributed by atoms with van der Waals surface area (Å²) >= 11 is 0. The van der Waals surface area contributed by atoms with Crippen molar-refractivity contribution in [3.8, 4) is 0 Å². The standard InChI is InChI=1S/C11H15NO/c1-9(13)11(2,3)8-10-6-4-5-7-12-10/h4-7H,8H2,1-3H3. The molecule has 0 saturated heterocycles. The van der Waals surface area contributed by atoms with Crippen LogP contribution in [0.15, 0.2) is 24.4 Å². The summed E-state index contributed by atoms with van der Waals surface area (Å²) in [6.45, 7) is 5.52. The van der Waals surface area contributed by atoms with E-state index in [0.29, 0.717) is 6.42 Å². The van der Waals surface area contributed by atoms with E-state index >= 15 is 0 Å². The molecule has 0 radical (unpaired) electrons. The Balaban J connectivity index is 2.75. The predicted octanol–water partition coefficient (Wildman–Crippen LogP) is 2.24. The topological polar surface area (TPSA) is 30.0 Å². The van der Waals surface area contributed by atoms with Crippen LogP contribution < -0.4 is 0 Å². The number of hydrogen-bond acceptors (Lipinski definition) is 2. The highest BCUT2D eigenvalue weighted by atomic mass is 16.1. The highest BCUT2D eigenvalue weighted by Crippen LogP contribution is 2.21. The summed E-state index contributed by atoms with van der Waals surface area (Å²) in [6, 6.07) is 5.77. The summed E-state index contributed by atoms with van der Waals surface area (Å²) in [7, 11) is 0. The van der Waals surface area contributed by atoms with Crippen molar-refractivity contribution in [2.24, 2.45) is 5.41 Å². The first-order valence-electron chi connectivity index (χ1n) is 4.43. The average molecular weight is 177 g/mol. The van der Waals surface area contributed by atoms with Gasteiger partial charge in [0.05, 0.1) is 0 Å². The Hall–Kier alpha value is -1.18. The maximum Gasteiger partial charge on any atom is 0.135 e. The van der Waals surface area contributed by atoms with Crippen LogP contribution in [-0.4, -0.2) is 10.8 Å². The fourth-order valence-corrected chi connectivity index (χ4v) is 1.08. The Morgan fingerprint density at radius 2 is 2.15 bits per heavy atom. The number of nitrogens with zero attached hydrogens (tertiary/aromatic N) is 1. The van der Waals surface area contributed by atoms with Crippen molar-refractivity contribution in [1.82, 2.24) is 4.98 Å². The summed E-state index contributed by atoms with van der Waals surface area (Å²) < 4.78 is 0. The van der Waals surface area contributed by atoms with E-state index in [-0.39, 0.29) is 11.2 Å². The second kappa shape index (κ2) is 3.69. The lowest BCUT2D eigenvalue weighted by atomic mass is 9.84. The van der Waals surface area contributed by atoms with Gasteiger partial charge in [-0.3, -0.25) is 9.78 Å². The molecular weight excluding hydrogens is 162 g/mol. The van der Waals surface area contributed by atoms with Gasteiger partial charge in [0, 0.05) is 23.7 Å². The summed E-state index contributed by atoms with van der Waals surface area (Å²) in [5, 5.41) is 0. The molecule has 1 heterocycles. The normalized spacial score (nSPS) is 11.3. The Kier molecular flexibility index (Phi) is 2.81. The van der Waals surface area contributed by atoms with Gasteiger partial charge in [-0.05, 0) is 19.1 Å². The zero-order chi connectivity index (χ0) is 9.90. The fraction of sp³-hybridized carbons (Fsp3) is 0.455. The number of rotatable bonds is 3. The van der Waals surface area contributed by atoms with Crippen molar-refractivity contribution in [3.63, 3.8) is 0 Å². The van der Waals surface area contributed by atoms with Gasteiger partial charge in [-0.1, -0.05) is 19.9 Å². The first-order valence-corrected chi connectivity index (χ1v) is 4.43. The van der Waals surface area contributed by atoms with E-state index in [0.717, 1.165) is 5.69 Å². The van der Waals surface area contributed by atoms with Gasteiger partial charge < -0.3 is 0 Å². The molecule has 0 N–H and O–H groups in total. The molecule has 0 spiro atoms. The molecule has 0 aromatic carbocycles. The van der Waals surface area contributed by atoms with Gasteiger partial charge in [0.15, 0.2) is 0 Å². The minimum absolute atomic E-state index is 0.207. The van der Waals surface area contributed by atoms with Gasteiger partial charge in [0.1, 0.15) is 5.78 Å². The third-order valence-electron chi connectivity index (χ3n) is 2.30. The van der Waals surface area contributed by atoms with Crippen molar-refractivity contribution in [1.29, 1.82) is 0 Å². The number of aromatic nitrogens is 1. The summed E-state index contributed by atoms with van der Waals surface area (Å²) in [5.41, 5.74) is 0.677. The van der Waals surface area contributed by atoms with E-state index in [1.165, 1.54) is 0 Å². The number of hydrogen-bond donors (Lipinski definition) is 0. The molecule has 70 valence electrons. The molecule has 1 rings (SSSR count). The zero-order valence-corrected chi connectivity index (χ0v) is 8.37. The molecule has 0 bridgehead atoms. The lowest BCUT2D eigenvalue weighted by Gasteiger charge is -2.19. The number of carbonyl (C=O) groups is 1. The molecule has 0 amide bonds. The van der Waals surface area contributed by atoms with Crippen molar-refractivity contribution >= 4 is 5.78 Å². The van der Waals surface area contributed by atoms with Crippen LogP contribution in [0.5, 0.6) is 0 Å². The molecule has 0 unspecified atom stereocenters. The monoisotopic (exact) mass is 177 g/mol. The van der Waals surface area contributed by atoms with Crippen LogP contribution in [0.1, 0.15) is 26.5 Å². The Labute approximate surface area is 79.0 Å². The molecule has 13 heavy (non-hydrogen) atoms. The smallest absolute Gasteiger partial charge is 0.135 e. The average Bonchev–Trinajstić information content (AvgIpc) is 2.05. The Bertz CT molecular complexity index is 290. The van der Waals surface area contributed by atoms with Crippen molar-refractivity contribution in [2.45, 2.75) is 27.2 Å². The molecule has 0 aliphatic rings. The van der Waals surface area contributed by atoms with E-state index in [1.54, 1.807) is 13.1 Å². The maximum atomic E-state index is 11.2. The van der Waals surface area contributed by atoms with Crippen LogP contribution in [0.4, 0.5) is 0 Å². The van der Waals surface area contributed by atoms with Gasteiger partial charge in [-0.15, -0.1) is 0 Å². The number of pyridine rings is 1. The second-order valence-corrected chi connectivity index (χ2v) is 3.94. The Morgan fingerprint density at radius 1 is 1.46 bits per heavy atom. The van der Waals surface area contributed by atoms with E-state index in [9.17, 15) is 4.79 Å². The van der Waals surface area contributed by atoms with Gasteiger partial charge in [0.25, 0.3) is 0 Å². The molecule has 1 aromatic rings. The van der Waals surface area contributed by atoms with Gasteiger partial charge >= 0.3 is 0 Å². The SMILES string of the molecule is CC(=O)C(C)(C)Cc1ccccn1. The van der Waals surface area contributed by atoms with E-state index < -0.39 is 0 Å². The van der Waals surface area contributed by atoms with Crippen molar-refractivity contribution in [3.05, 3.63) is 30.1 Å². The Morgan fingerprint density at radius 3 is 2.62 bits per heavy atom. The summed E-state index contributed by atoms with van der Waals surface area (Å²) in [5.74, 6) is 0.207. The summed E-state index contributed by atoms with van der Waals surface area (Å²) in [6.07, 6.45) is 2.47. The lowest BCUT2D eigenvalue weighted by Crippen LogP contribution is -2.24. The number of ketones is 1. The molecule has 1 aromatic heterocycles. The summed E-state index contributed by atoms with van der Waals surface area (Å²) in [4.78, 5) is 15.4. The first-order chi connectivity index (χ1) is 6.02. The zero-order valence-electron chi connectivity index (χ0n) is 8.37. The van der Waals surface area contributed by atoms with Gasteiger partial charge in [-0.25, -0.2) is 0 Å². The molecule has 0 atom stereocenters. The molecule has 0 saturated carbocycles. The third-order valence-corrected chi connectivity index (χ3v) is 2.30. The van der Waals surface area contributed by atoms with Crippen molar-refractivity contribution < 1.29 is 4.79 Å². The number of Topliss-reactive ketones (excluding diaryl/α,β-unsaturated/α-hetero) is 1. The van der Waals surface area contributed by atoms with Crippen LogP contribution in [0.25, 0.3) is 0 Å². The predicted molar refractivity (Wildman–Crippen MR) is 52.4 cm³/mol. The minimum atomic E-state index is -0.297. The number of carbonyl (C=O) groups excluding carboxylic acids is 1. The van der Waals surface area contributed by atoms with Crippen LogP contribution in [0.2, 0.25) is 0 Å². The molecule has 0 aliphatic carbocycles. The van der Waals surface area contributed by atoms with Crippen LogP contribution in [0.3, 0.4) is 0 Å². The molecule has 2 heteroatoms. The first kappa shape index (κ1) is 9.90. The second-order valence-electron chi connectivity index (χ2n) is 3.94. The third kappa shape index (κ3) is 2.65. The fourth-order valence-electron chi connectivity index (χ4n) is 1.08. The minimum Gasteiger partial charge on any atom is -0.299 e. The van der Waals surface area contributed by atoms with Gasteiger partial charge in [0.2, 0.25) is 0 Å². The largest absolute Gasteiger partial charge is 0.299 e. The van der Waals surface area contributed by atoms with E-state index in [1.807, 2.05) is 32.0 Å². The van der Waals surface area contributed by atoms with Crippen LogP contribution in [0, 0.1) is 5.41 Å². The van der Waals surface area contributed by atoms with E-state index in [2.05, 4.69) is 4.98 Å². The highest BCUT2D eigenvalue weighted by molar-refractivity contribution is 5.81. The quantitative estimate of drug-likeness (QED) is 0.708. The molecule has 2 nitrogen and oxygen atoms in total. The molecule has 0 aliphatic heterocycles. The highest BCUT2D eigenvalue weighted by Gasteiger charge is 2.24.